The number of aryl methyl sites for hydroxylation is 1. The number of imidazole rings is 1. The molecule has 0 aliphatic rings. The van der Waals surface area contributed by atoms with Crippen molar-refractivity contribution in [2.45, 2.75) is 13.8 Å². The lowest BCUT2D eigenvalue weighted by molar-refractivity contribution is 0.0956. The van der Waals surface area contributed by atoms with Crippen molar-refractivity contribution in [3.05, 3.63) is 29.6 Å². The van der Waals surface area contributed by atoms with E-state index < -0.39 is 0 Å². The van der Waals surface area contributed by atoms with Gasteiger partial charge in [-0.25, -0.2) is 4.98 Å². The molecule has 0 radical (unpaired) electrons. The second kappa shape index (κ2) is 3.73. The van der Waals surface area contributed by atoms with Crippen molar-refractivity contribution in [2.24, 2.45) is 0 Å². The van der Waals surface area contributed by atoms with Crippen LogP contribution in [0, 0.1) is 6.92 Å². The summed E-state index contributed by atoms with van der Waals surface area (Å²) in [4.78, 5) is 18.9. The minimum atomic E-state index is -0.0494. The molecule has 0 bridgehead atoms. The molecular formula is C11H13N3O. The number of hydrogen-bond donors (Lipinski definition) is 2. The Morgan fingerprint density at radius 1 is 1.53 bits per heavy atom. The van der Waals surface area contributed by atoms with E-state index in [9.17, 15) is 4.79 Å². The van der Waals surface area contributed by atoms with Gasteiger partial charge in [0.2, 0.25) is 0 Å². The molecule has 1 heterocycles. The van der Waals surface area contributed by atoms with E-state index in [2.05, 4.69) is 15.3 Å². The van der Waals surface area contributed by atoms with Gasteiger partial charge in [-0.2, -0.15) is 0 Å². The molecule has 2 aromatic rings. The molecule has 0 saturated carbocycles. The predicted molar refractivity (Wildman–Crippen MR) is 58.8 cm³/mol. The van der Waals surface area contributed by atoms with Crippen molar-refractivity contribution in [3.8, 4) is 0 Å². The first kappa shape index (κ1) is 9.71. The van der Waals surface area contributed by atoms with E-state index in [-0.39, 0.29) is 5.91 Å². The van der Waals surface area contributed by atoms with E-state index in [0.717, 1.165) is 16.9 Å². The Kier molecular flexibility index (Phi) is 2.41. The van der Waals surface area contributed by atoms with Crippen molar-refractivity contribution in [3.63, 3.8) is 0 Å². The van der Waals surface area contributed by atoms with Crippen molar-refractivity contribution < 1.29 is 4.79 Å². The van der Waals surface area contributed by atoms with Crippen LogP contribution in [0.2, 0.25) is 0 Å². The molecule has 1 aromatic carbocycles. The second-order valence-corrected chi connectivity index (χ2v) is 3.41. The molecule has 0 fully saturated rings. The van der Waals surface area contributed by atoms with Gasteiger partial charge >= 0.3 is 0 Å². The van der Waals surface area contributed by atoms with Crippen molar-refractivity contribution in [1.82, 2.24) is 15.3 Å². The van der Waals surface area contributed by atoms with Gasteiger partial charge in [0.15, 0.2) is 0 Å². The number of nitrogens with zero attached hydrogens (tertiary/aromatic N) is 1. The summed E-state index contributed by atoms with van der Waals surface area (Å²) in [5, 5.41) is 2.76. The van der Waals surface area contributed by atoms with Gasteiger partial charge < -0.3 is 10.3 Å². The molecule has 2 rings (SSSR count). The first-order chi connectivity index (χ1) is 7.20. The van der Waals surface area contributed by atoms with E-state index in [1.807, 2.05) is 26.0 Å². The number of H-pyrrole nitrogens is 1. The number of amides is 1. The summed E-state index contributed by atoms with van der Waals surface area (Å²) in [5.41, 5.74) is 2.45. The van der Waals surface area contributed by atoms with Crippen LogP contribution in [0.5, 0.6) is 0 Å². The lowest BCUT2D eigenvalue weighted by Gasteiger charge is -2.01. The number of carbonyl (C=O) groups excluding carboxylic acids is 1. The van der Waals surface area contributed by atoms with Crippen LogP contribution in [0.4, 0.5) is 0 Å². The molecule has 1 amide bonds. The average molecular weight is 203 g/mol. The zero-order valence-corrected chi connectivity index (χ0v) is 8.79. The number of nitrogens with one attached hydrogen (secondary N) is 2. The second-order valence-electron chi connectivity index (χ2n) is 3.41. The SMILES string of the molecule is CCNC(=O)c1ccc2nc(C)[nH]c2c1. The smallest absolute Gasteiger partial charge is 0.251 e. The van der Waals surface area contributed by atoms with E-state index in [1.165, 1.54) is 0 Å². The largest absolute Gasteiger partial charge is 0.352 e. The number of benzene rings is 1. The van der Waals surface area contributed by atoms with Crippen molar-refractivity contribution >= 4 is 16.9 Å². The van der Waals surface area contributed by atoms with Gasteiger partial charge in [0.1, 0.15) is 5.82 Å². The third-order valence-corrected chi connectivity index (χ3v) is 2.20. The van der Waals surface area contributed by atoms with Crippen LogP contribution >= 0.6 is 0 Å². The number of hydrogen-bond acceptors (Lipinski definition) is 2. The maximum absolute atomic E-state index is 11.5. The summed E-state index contributed by atoms with van der Waals surface area (Å²) in [6.07, 6.45) is 0. The van der Waals surface area contributed by atoms with Crippen molar-refractivity contribution in [2.75, 3.05) is 6.54 Å². The summed E-state index contributed by atoms with van der Waals surface area (Å²) in [5.74, 6) is 0.810. The Morgan fingerprint density at radius 3 is 3.07 bits per heavy atom. The molecule has 15 heavy (non-hydrogen) atoms. The fourth-order valence-electron chi connectivity index (χ4n) is 1.54. The molecule has 78 valence electrons. The normalized spacial score (nSPS) is 10.5. The number of aromatic amines is 1. The number of rotatable bonds is 2. The third-order valence-electron chi connectivity index (χ3n) is 2.20. The molecule has 0 unspecified atom stereocenters. The van der Waals surface area contributed by atoms with Gasteiger partial charge in [-0.3, -0.25) is 4.79 Å². The standard InChI is InChI=1S/C11H13N3O/c1-3-12-11(15)8-4-5-9-10(6-8)14-7(2)13-9/h4-6H,3H2,1-2H3,(H,12,15)(H,13,14). The van der Waals surface area contributed by atoms with Gasteiger partial charge in [0.25, 0.3) is 5.91 Å². The Morgan fingerprint density at radius 2 is 2.33 bits per heavy atom. The summed E-state index contributed by atoms with van der Waals surface area (Å²) < 4.78 is 0. The van der Waals surface area contributed by atoms with Crippen LogP contribution in [0.25, 0.3) is 11.0 Å². The Balaban J connectivity index is 2.41. The summed E-state index contributed by atoms with van der Waals surface area (Å²) in [6.45, 7) is 4.43. The molecule has 0 saturated heterocycles. The molecule has 4 heteroatoms. The van der Waals surface area contributed by atoms with E-state index in [1.54, 1.807) is 6.07 Å². The minimum Gasteiger partial charge on any atom is -0.352 e. The van der Waals surface area contributed by atoms with Crippen LogP contribution in [-0.2, 0) is 0 Å². The fourth-order valence-corrected chi connectivity index (χ4v) is 1.54. The van der Waals surface area contributed by atoms with Gasteiger partial charge in [-0.1, -0.05) is 0 Å². The topological polar surface area (TPSA) is 57.8 Å². The van der Waals surface area contributed by atoms with Gasteiger partial charge in [-0.05, 0) is 32.0 Å². The maximum atomic E-state index is 11.5. The molecule has 0 atom stereocenters. The fraction of sp³-hybridized carbons (Fsp3) is 0.273. The zero-order valence-electron chi connectivity index (χ0n) is 8.79. The van der Waals surface area contributed by atoms with Crippen LogP contribution in [0.15, 0.2) is 18.2 Å². The Hall–Kier alpha value is -1.84. The monoisotopic (exact) mass is 203 g/mol. The summed E-state index contributed by atoms with van der Waals surface area (Å²) in [7, 11) is 0. The molecule has 1 aromatic heterocycles. The molecule has 0 aliphatic carbocycles. The quantitative estimate of drug-likeness (QED) is 0.779. The van der Waals surface area contributed by atoms with Crippen LogP contribution in [0.1, 0.15) is 23.1 Å². The van der Waals surface area contributed by atoms with Crippen LogP contribution < -0.4 is 5.32 Å². The first-order valence-corrected chi connectivity index (χ1v) is 4.95. The van der Waals surface area contributed by atoms with E-state index in [4.69, 9.17) is 0 Å². The van der Waals surface area contributed by atoms with Crippen molar-refractivity contribution in [1.29, 1.82) is 0 Å². The van der Waals surface area contributed by atoms with E-state index in [0.29, 0.717) is 12.1 Å². The van der Waals surface area contributed by atoms with E-state index >= 15 is 0 Å². The molecular weight excluding hydrogens is 190 g/mol. The summed E-state index contributed by atoms with van der Waals surface area (Å²) in [6, 6.07) is 5.46. The van der Waals surface area contributed by atoms with Crippen LogP contribution in [-0.4, -0.2) is 22.4 Å². The maximum Gasteiger partial charge on any atom is 0.251 e. The minimum absolute atomic E-state index is 0.0494. The molecule has 0 spiro atoms. The number of fused-ring (bicyclic) bond motifs is 1. The zero-order chi connectivity index (χ0) is 10.8. The Labute approximate surface area is 87.7 Å². The van der Waals surface area contributed by atoms with Crippen LogP contribution in [0.3, 0.4) is 0 Å². The highest BCUT2D eigenvalue weighted by Crippen LogP contribution is 2.13. The summed E-state index contributed by atoms with van der Waals surface area (Å²) >= 11 is 0. The third kappa shape index (κ3) is 1.83. The predicted octanol–water partition coefficient (Wildman–Crippen LogP) is 1.62. The number of aromatic nitrogens is 2. The lowest BCUT2D eigenvalue weighted by Crippen LogP contribution is -2.22. The highest BCUT2D eigenvalue weighted by Gasteiger charge is 2.06. The molecule has 2 N–H and O–H groups in total. The lowest BCUT2D eigenvalue weighted by atomic mass is 10.2. The number of carbonyl (C=O) groups is 1. The van der Waals surface area contributed by atoms with Gasteiger partial charge in [-0.15, -0.1) is 0 Å². The molecule has 4 nitrogen and oxygen atoms in total. The Bertz CT molecular complexity index is 502. The molecule has 0 aliphatic heterocycles. The van der Waals surface area contributed by atoms with Gasteiger partial charge in [0, 0.05) is 12.1 Å². The highest BCUT2D eigenvalue weighted by atomic mass is 16.1. The first-order valence-electron chi connectivity index (χ1n) is 4.95. The highest BCUT2D eigenvalue weighted by molar-refractivity contribution is 5.97. The average Bonchev–Trinajstić information content (AvgIpc) is 2.57. The van der Waals surface area contributed by atoms with Gasteiger partial charge in [0.05, 0.1) is 11.0 Å².